The summed E-state index contributed by atoms with van der Waals surface area (Å²) in [7, 11) is 0. The summed E-state index contributed by atoms with van der Waals surface area (Å²) in [4.78, 5) is 16.0. The molecule has 1 amide bonds. The largest absolute Gasteiger partial charge is 0.573 e. The minimum Gasteiger partial charge on any atom is -0.439 e. The van der Waals surface area contributed by atoms with Crippen LogP contribution in [0.3, 0.4) is 0 Å². The molecule has 0 fully saturated rings. The van der Waals surface area contributed by atoms with Crippen LogP contribution in [0.2, 0.25) is 0 Å². The first kappa shape index (κ1) is 19.6. The molecule has 0 radical (unpaired) electrons. The number of alkyl halides is 3. The third-order valence-corrected chi connectivity index (χ3v) is 3.29. The standard InChI is InChI=1S/C18H19F3N2O3/c1-12(2)9-10-22-17(24)13-3-8-16(23-11-13)25-14-4-6-15(7-5-14)26-18(19,20)21/h3-8,11-12H,9-10H2,1-2H3,(H,22,24). The molecule has 1 heterocycles. The van der Waals surface area contributed by atoms with Crippen molar-refractivity contribution in [3.8, 4) is 17.4 Å². The van der Waals surface area contributed by atoms with E-state index in [1.807, 2.05) is 0 Å². The maximum absolute atomic E-state index is 12.1. The first-order valence-electron chi connectivity index (χ1n) is 8.01. The Kier molecular flexibility index (Phi) is 6.43. The first-order valence-corrected chi connectivity index (χ1v) is 8.01. The molecule has 0 saturated carbocycles. The lowest BCUT2D eigenvalue weighted by atomic mass is 10.1. The fraction of sp³-hybridized carbons (Fsp3) is 0.333. The van der Waals surface area contributed by atoms with Crippen LogP contribution in [-0.4, -0.2) is 23.8 Å². The summed E-state index contributed by atoms with van der Waals surface area (Å²) in [6.07, 6.45) is -2.48. The van der Waals surface area contributed by atoms with Crippen molar-refractivity contribution in [3.63, 3.8) is 0 Å². The molecular formula is C18H19F3N2O3. The van der Waals surface area contributed by atoms with Crippen molar-refractivity contribution >= 4 is 5.91 Å². The number of carbonyl (C=O) groups excluding carboxylic acids is 1. The van der Waals surface area contributed by atoms with Gasteiger partial charge < -0.3 is 14.8 Å². The van der Waals surface area contributed by atoms with Gasteiger partial charge in [0.05, 0.1) is 5.56 Å². The lowest BCUT2D eigenvalue weighted by Crippen LogP contribution is -2.25. The van der Waals surface area contributed by atoms with Crippen molar-refractivity contribution in [1.29, 1.82) is 0 Å². The highest BCUT2D eigenvalue weighted by Gasteiger charge is 2.30. The van der Waals surface area contributed by atoms with Crippen molar-refractivity contribution in [2.75, 3.05) is 6.54 Å². The summed E-state index contributed by atoms with van der Waals surface area (Å²) in [6.45, 7) is 4.73. The number of ether oxygens (including phenoxy) is 2. The topological polar surface area (TPSA) is 60.5 Å². The highest BCUT2D eigenvalue weighted by atomic mass is 19.4. The van der Waals surface area contributed by atoms with Gasteiger partial charge in [-0.25, -0.2) is 4.98 Å². The summed E-state index contributed by atoms with van der Waals surface area (Å²) in [5.41, 5.74) is 0.398. The molecule has 2 aromatic rings. The van der Waals surface area contributed by atoms with E-state index in [1.165, 1.54) is 24.4 Å². The summed E-state index contributed by atoms with van der Waals surface area (Å²) >= 11 is 0. The van der Waals surface area contributed by atoms with E-state index in [9.17, 15) is 18.0 Å². The van der Waals surface area contributed by atoms with Gasteiger partial charge >= 0.3 is 6.36 Å². The molecule has 1 aromatic carbocycles. The van der Waals surface area contributed by atoms with E-state index < -0.39 is 6.36 Å². The van der Waals surface area contributed by atoms with Crippen LogP contribution >= 0.6 is 0 Å². The molecule has 26 heavy (non-hydrogen) atoms. The molecule has 8 heteroatoms. The number of aromatic nitrogens is 1. The molecule has 140 valence electrons. The molecule has 2 rings (SSSR count). The highest BCUT2D eigenvalue weighted by Crippen LogP contribution is 2.26. The molecule has 0 spiro atoms. The number of rotatable bonds is 7. The van der Waals surface area contributed by atoms with Crippen LogP contribution in [0.5, 0.6) is 17.4 Å². The molecule has 0 unspecified atom stereocenters. The lowest BCUT2D eigenvalue weighted by molar-refractivity contribution is -0.274. The minimum absolute atomic E-state index is 0.216. The fourth-order valence-corrected chi connectivity index (χ4v) is 1.98. The van der Waals surface area contributed by atoms with Gasteiger partial charge in [0, 0.05) is 18.8 Å². The third-order valence-electron chi connectivity index (χ3n) is 3.29. The number of nitrogens with one attached hydrogen (secondary N) is 1. The molecule has 0 aliphatic heterocycles. The van der Waals surface area contributed by atoms with E-state index in [4.69, 9.17) is 4.74 Å². The fourth-order valence-electron chi connectivity index (χ4n) is 1.98. The Balaban J connectivity index is 1.91. The Morgan fingerprint density at radius 1 is 1.12 bits per heavy atom. The maximum Gasteiger partial charge on any atom is 0.573 e. The van der Waals surface area contributed by atoms with Crippen molar-refractivity contribution in [2.24, 2.45) is 5.92 Å². The third kappa shape index (κ3) is 6.62. The Hall–Kier alpha value is -2.77. The molecule has 0 aliphatic carbocycles. The van der Waals surface area contributed by atoms with Crippen LogP contribution in [-0.2, 0) is 0 Å². The average molecular weight is 368 g/mol. The number of carbonyl (C=O) groups is 1. The van der Waals surface area contributed by atoms with Crippen LogP contribution in [0.1, 0.15) is 30.6 Å². The van der Waals surface area contributed by atoms with Gasteiger partial charge in [0.25, 0.3) is 5.91 Å². The van der Waals surface area contributed by atoms with Crippen molar-refractivity contribution in [3.05, 3.63) is 48.2 Å². The molecule has 1 aromatic heterocycles. The van der Waals surface area contributed by atoms with E-state index >= 15 is 0 Å². The van der Waals surface area contributed by atoms with E-state index in [-0.39, 0.29) is 17.5 Å². The molecule has 0 aliphatic rings. The first-order chi connectivity index (χ1) is 12.2. The molecule has 0 atom stereocenters. The second-order valence-electron chi connectivity index (χ2n) is 5.94. The SMILES string of the molecule is CC(C)CCNC(=O)c1ccc(Oc2ccc(OC(F)(F)F)cc2)nc1. The molecular weight excluding hydrogens is 349 g/mol. The zero-order valence-electron chi connectivity index (χ0n) is 14.3. The van der Waals surface area contributed by atoms with Crippen molar-refractivity contribution < 1.29 is 27.4 Å². The van der Waals surface area contributed by atoms with Crippen LogP contribution in [0.4, 0.5) is 13.2 Å². The predicted molar refractivity (Wildman–Crippen MR) is 89.2 cm³/mol. The highest BCUT2D eigenvalue weighted by molar-refractivity contribution is 5.93. The van der Waals surface area contributed by atoms with Crippen LogP contribution in [0.15, 0.2) is 42.6 Å². The molecule has 5 nitrogen and oxygen atoms in total. The van der Waals surface area contributed by atoms with Gasteiger partial charge in [-0.1, -0.05) is 13.8 Å². The van der Waals surface area contributed by atoms with Crippen LogP contribution < -0.4 is 14.8 Å². The zero-order chi connectivity index (χ0) is 19.2. The number of halogens is 3. The summed E-state index contributed by atoms with van der Waals surface area (Å²) in [5.74, 6) is 0.441. The van der Waals surface area contributed by atoms with Crippen LogP contribution in [0.25, 0.3) is 0 Å². The molecule has 1 N–H and O–H groups in total. The summed E-state index contributed by atoms with van der Waals surface area (Å²) in [6, 6.07) is 8.01. The van der Waals surface area contributed by atoms with Gasteiger partial charge in [-0.2, -0.15) is 0 Å². The Morgan fingerprint density at radius 2 is 1.77 bits per heavy atom. The summed E-state index contributed by atoms with van der Waals surface area (Å²) < 4.78 is 45.5. The smallest absolute Gasteiger partial charge is 0.439 e. The van der Waals surface area contributed by atoms with Gasteiger partial charge in [-0.15, -0.1) is 13.2 Å². The Morgan fingerprint density at radius 3 is 2.31 bits per heavy atom. The minimum atomic E-state index is -4.74. The predicted octanol–water partition coefficient (Wildman–Crippen LogP) is 4.55. The number of hydrogen-bond donors (Lipinski definition) is 1. The number of benzene rings is 1. The second kappa shape index (κ2) is 8.55. The summed E-state index contributed by atoms with van der Waals surface area (Å²) in [5, 5.41) is 2.80. The van der Waals surface area contributed by atoms with E-state index in [2.05, 4.69) is 28.9 Å². The average Bonchev–Trinajstić information content (AvgIpc) is 2.55. The lowest BCUT2D eigenvalue weighted by Gasteiger charge is -2.10. The number of amides is 1. The van der Waals surface area contributed by atoms with E-state index in [0.29, 0.717) is 23.8 Å². The van der Waals surface area contributed by atoms with Crippen molar-refractivity contribution in [2.45, 2.75) is 26.6 Å². The normalized spacial score (nSPS) is 11.3. The maximum atomic E-state index is 12.1. The Bertz CT molecular complexity index is 714. The van der Waals surface area contributed by atoms with Gasteiger partial charge in [0.1, 0.15) is 11.5 Å². The number of hydrogen-bond acceptors (Lipinski definition) is 4. The quantitative estimate of drug-likeness (QED) is 0.779. The van der Waals surface area contributed by atoms with E-state index in [1.54, 1.807) is 6.07 Å². The molecule has 0 saturated heterocycles. The number of nitrogens with zero attached hydrogens (tertiary/aromatic N) is 1. The molecule has 0 bridgehead atoms. The van der Waals surface area contributed by atoms with Crippen molar-refractivity contribution in [1.82, 2.24) is 10.3 Å². The van der Waals surface area contributed by atoms with Crippen LogP contribution in [0, 0.1) is 5.92 Å². The van der Waals surface area contributed by atoms with E-state index in [0.717, 1.165) is 18.6 Å². The van der Waals surface area contributed by atoms with Gasteiger partial charge in [0.2, 0.25) is 5.88 Å². The second-order valence-corrected chi connectivity index (χ2v) is 5.94. The number of pyridine rings is 1. The van der Waals surface area contributed by atoms with Gasteiger partial charge in [-0.05, 0) is 42.7 Å². The van der Waals surface area contributed by atoms with Gasteiger partial charge in [-0.3, -0.25) is 4.79 Å². The monoisotopic (exact) mass is 368 g/mol. The Labute approximate surface area is 149 Å². The van der Waals surface area contributed by atoms with Gasteiger partial charge in [0.15, 0.2) is 0 Å². The zero-order valence-corrected chi connectivity index (χ0v) is 14.3.